The minimum Gasteiger partial charge on any atom is -0.397 e. The van der Waals surface area contributed by atoms with E-state index in [9.17, 15) is 9.90 Å². The summed E-state index contributed by atoms with van der Waals surface area (Å²) in [6.45, 7) is 3.29. The van der Waals surface area contributed by atoms with Gasteiger partial charge in [-0.1, -0.05) is 0 Å². The fourth-order valence-corrected chi connectivity index (χ4v) is 3.07. The molecule has 1 saturated heterocycles. The highest BCUT2D eigenvalue weighted by Gasteiger charge is 2.31. The van der Waals surface area contributed by atoms with Crippen molar-refractivity contribution in [3.05, 3.63) is 18.0 Å². The number of amides is 1. The van der Waals surface area contributed by atoms with Crippen LogP contribution in [0, 0.1) is 5.92 Å². The number of aliphatic hydroxyl groups excluding tert-OH is 1. The SMILES string of the molecule is CC(O)C1CCN(C(=O)c2cc(N)cn2C2CC2)CC1. The standard InChI is InChI=1S/C15H23N3O2/c1-10(19)11-4-6-17(7-5-11)15(20)14-8-12(16)9-18(14)13-2-3-13/h8-11,13,19H,2-7,16H2,1H3. The molecule has 5 heteroatoms. The van der Waals surface area contributed by atoms with Gasteiger partial charge in [-0.15, -0.1) is 0 Å². The summed E-state index contributed by atoms with van der Waals surface area (Å²) in [5.74, 6) is 0.400. The van der Waals surface area contributed by atoms with E-state index in [2.05, 4.69) is 0 Å². The van der Waals surface area contributed by atoms with Gasteiger partial charge in [0, 0.05) is 25.3 Å². The Balaban J connectivity index is 1.70. The van der Waals surface area contributed by atoms with E-state index in [4.69, 9.17) is 5.73 Å². The minimum absolute atomic E-state index is 0.0812. The number of anilines is 1. The van der Waals surface area contributed by atoms with Crippen molar-refractivity contribution in [2.24, 2.45) is 5.92 Å². The number of aliphatic hydroxyl groups is 1. The zero-order valence-electron chi connectivity index (χ0n) is 12.0. The highest BCUT2D eigenvalue weighted by molar-refractivity contribution is 5.94. The quantitative estimate of drug-likeness (QED) is 0.882. The van der Waals surface area contributed by atoms with Gasteiger partial charge in [-0.05, 0) is 44.6 Å². The number of likely N-dealkylation sites (tertiary alicyclic amines) is 1. The highest BCUT2D eigenvalue weighted by Crippen LogP contribution is 2.37. The molecule has 0 radical (unpaired) electrons. The second-order valence-corrected chi connectivity index (χ2v) is 6.17. The van der Waals surface area contributed by atoms with Crippen molar-refractivity contribution in [3.8, 4) is 0 Å². The van der Waals surface area contributed by atoms with Gasteiger partial charge in [0.15, 0.2) is 0 Å². The Morgan fingerprint density at radius 2 is 2.00 bits per heavy atom. The van der Waals surface area contributed by atoms with Gasteiger partial charge < -0.3 is 20.3 Å². The molecule has 2 heterocycles. The van der Waals surface area contributed by atoms with Crippen molar-refractivity contribution in [1.29, 1.82) is 0 Å². The number of carbonyl (C=O) groups excluding carboxylic acids is 1. The van der Waals surface area contributed by atoms with Crippen molar-refractivity contribution in [2.45, 2.75) is 44.8 Å². The van der Waals surface area contributed by atoms with E-state index in [0.29, 0.717) is 17.6 Å². The van der Waals surface area contributed by atoms with Crippen molar-refractivity contribution in [1.82, 2.24) is 9.47 Å². The number of nitrogens with two attached hydrogens (primary N) is 1. The average molecular weight is 277 g/mol. The molecule has 1 aromatic heterocycles. The molecule has 2 fully saturated rings. The summed E-state index contributed by atoms with van der Waals surface area (Å²) in [6.07, 6.45) is 5.63. The lowest BCUT2D eigenvalue weighted by atomic mass is 9.92. The van der Waals surface area contributed by atoms with E-state index in [1.807, 2.05) is 22.6 Å². The molecule has 20 heavy (non-hydrogen) atoms. The molecule has 0 bridgehead atoms. The van der Waals surface area contributed by atoms with Crippen LogP contribution in [-0.2, 0) is 0 Å². The molecule has 1 aliphatic carbocycles. The third-order valence-corrected chi connectivity index (χ3v) is 4.54. The third-order valence-electron chi connectivity index (χ3n) is 4.54. The zero-order chi connectivity index (χ0) is 14.3. The molecule has 110 valence electrons. The number of nitrogen functional groups attached to an aromatic ring is 1. The Hall–Kier alpha value is -1.49. The molecule has 0 spiro atoms. The highest BCUT2D eigenvalue weighted by atomic mass is 16.3. The van der Waals surface area contributed by atoms with Gasteiger partial charge >= 0.3 is 0 Å². The van der Waals surface area contributed by atoms with Crippen LogP contribution in [0.1, 0.15) is 49.1 Å². The lowest BCUT2D eigenvalue weighted by molar-refractivity contribution is 0.0513. The normalized spacial score (nSPS) is 22.0. The Kier molecular flexibility index (Phi) is 3.46. The summed E-state index contributed by atoms with van der Waals surface area (Å²) in [4.78, 5) is 14.5. The molecule has 3 rings (SSSR count). The molecule has 2 aliphatic rings. The maximum absolute atomic E-state index is 12.6. The molecule has 1 saturated carbocycles. The summed E-state index contributed by atoms with van der Waals surface area (Å²) < 4.78 is 2.04. The number of nitrogens with zero attached hydrogens (tertiary/aromatic N) is 2. The summed E-state index contributed by atoms with van der Waals surface area (Å²) in [7, 11) is 0. The molecule has 3 N–H and O–H groups in total. The average Bonchev–Trinajstić information content (AvgIpc) is 3.21. The van der Waals surface area contributed by atoms with E-state index in [0.717, 1.165) is 44.5 Å². The fraction of sp³-hybridized carbons (Fsp3) is 0.667. The molecule has 1 aliphatic heterocycles. The summed E-state index contributed by atoms with van der Waals surface area (Å²) in [5, 5.41) is 9.62. The van der Waals surface area contributed by atoms with Crippen molar-refractivity contribution in [2.75, 3.05) is 18.8 Å². The Labute approximate surface area is 119 Å². The zero-order valence-corrected chi connectivity index (χ0v) is 12.0. The van der Waals surface area contributed by atoms with Crippen LogP contribution >= 0.6 is 0 Å². The first-order valence-electron chi connectivity index (χ1n) is 7.51. The first-order chi connectivity index (χ1) is 9.56. The fourth-order valence-electron chi connectivity index (χ4n) is 3.07. The van der Waals surface area contributed by atoms with Crippen LogP contribution in [0.25, 0.3) is 0 Å². The van der Waals surface area contributed by atoms with E-state index in [-0.39, 0.29) is 12.0 Å². The van der Waals surface area contributed by atoms with Crippen molar-refractivity contribution < 1.29 is 9.90 Å². The van der Waals surface area contributed by atoms with Crippen LogP contribution in [0.5, 0.6) is 0 Å². The van der Waals surface area contributed by atoms with Crippen LogP contribution in [0.3, 0.4) is 0 Å². The molecule has 5 nitrogen and oxygen atoms in total. The van der Waals surface area contributed by atoms with Gasteiger partial charge in [0.1, 0.15) is 5.69 Å². The van der Waals surface area contributed by atoms with E-state index in [1.54, 1.807) is 6.07 Å². The van der Waals surface area contributed by atoms with Crippen LogP contribution in [-0.4, -0.2) is 39.7 Å². The van der Waals surface area contributed by atoms with Gasteiger partial charge in [0.05, 0.1) is 11.8 Å². The monoisotopic (exact) mass is 277 g/mol. The lowest BCUT2D eigenvalue weighted by Gasteiger charge is -2.33. The van der Waals surface area contributed by atoms with Crippen LogP contribution in [0.15, 0.2) is 12.3 Å². The third kappa shape index (κ3) is 2.54. The predicted molar refractivity (Wildman–Crippen MR) is 77.4 cm³/mol. The molecule has 1 aromatic rings. The van der Waals surface area contributed by atoms with Gasteiger partial charge in [-0.2, -0.15) is 0 Å². The summed E-state index contributed by atoms with van der Waals surface area (Å²) in [5.41, 5.74) is 7.24. The Morgan fingerprint density at radius 1 is 1.35 bits per heavy atom. The summed E-state index contributed by atoms with van der Waals surface area (Å²) in [6, 6.07) is 2.25. The molecular weight excluding hydrogens is 254 g/mol. The van der Waals surface area contributed by atoms with E-state index in [1.165, 1.54) is 0 Å². The molecule has 1 atom stereocenters. The Morgan fingerprint density at radius 3 is 2.55 bits per heavy atom. The van der Waals surface area contributed by atoms with E-state index < -0.39 is 0 Å². The number of carbonyl (C=O) groups is 1. The largest absolute Gasteiger partial charge is 0.397 e. The number of piperidine rings is 1. The first-order valence-corrected chi connectivity index (χ1v) is 7.51. The molecular formula is C15H23N3O2. The Bertz CT molecular complexity index is 497. The van der Waals surface area contributed by atoms with E-state index >= 15 is 0 Å². The smallest absolute Gasteiger partial charge is 0.270 e. The first kappa shape index (κ1) is 13.5. The maximum atomic E-state index is 12.6. The predicted octanol–water partition coefficient (Wildman–Crippen LogP) is 1.64. The number of aromatic nitrogens is 1. The second-order valence-electron chi connectivity index (χ2n) is 6.17. The van der Waals surface area contributed by atoms with Crippen LogP contribution in [0.4, 0.5) is 5.69 Å². The van der Waals surface area contributed by atoms with Crippen molar-refractivity contribution >= 4 is 11.6 Å². The number of rotatable bonds is 3. The molecule has 0 aromatic carbocycles. The minimum atomic E-state index is -0.279. The van der Waals surface area contributed by atoms with Crippen molar-refractivity contribution in [3.63, 3.8) is 0 Å². The number of hydrogen-bond donors (Lipinski definition) is 2. The molecule has 1 amide bonds. The van der Waals surface area contributed by atoms with Gasteiger partial charge in [0.2, 0.25) is 0 Å². The van der Waals surface area contributed by atoms with Crippen LogP contribution in [0.2, 0.25) is 0 Å². The van der Waals surface area contributed by atoms with Gasteiger partial charge in [-0.25, -0.2) is 0 Å². The van der Waals surface area contributed by atoms with Gasteiger partial charge in [-0.3, -0.25) is 4.79 Å². The lowest BCUT2D eigenvalue weighted by Crippen LogP contribution is -2.41. The van der Waals surface area contributed by atoms with Crippen LogP contribution < -0.4 is 5.73 Å². The topological polar surface area (TPSA) is 71.5 Å². The van der Waals surface area contributed by atoms with Gasteiger partial charge in [0.25, 0.3) is 5.91 Å². The maximum Gasteiger partial charge on any atom is 0.270 e. The second kappa shape index (κ2) is 5.13. The molecule has 1 unspecified atom stereocenters. The number of hydrogen-bond acceptors (Lipinski definition) is 3. The summed E-state index contributed by atoms with van der Waals surface area (Å²) >= 11 is 0.